The van der Waals surface area contributed by atoms with Crippen molar-refractivity contribution in [3.05, 3.63) is 17.0 Å². The zero-order valence-corrected chi connectivity index (χ0v) is 12.7. The fourth-order valence-corrected chi connectivity index (χ4v) is 4.57. The number of carboxylic acids is 1. The molecule has 0 saturated heterocycles. The lowest BCUT2D eigenvalue weighted by Gasteiger charge is -2.40. The normalized spacial score (nSPS) is 17.6. The Morgan fingerprint density at radius 2 is 2.20 bits per heavy atom. The van der Waals surface area contributed by atoms with Crippen LogP contribution in [0.2, 0.25) is 0 Å². The van der Waals surface area contributed by atoms with Gasteiger partial charge in [-0.1, -0.05) is 0 Å². The summed E-state index contributed by atoms with van der Waals surface area (Å²) in [5.74, 6) is -0.975. The number of hydrogen-bond donors (Lipinski definition) is 2. The Kier molecular flexibility index (Phi) is 4.48. The minimum atomic E-state index is -3.60. The highest BCUT2D eigenvalue weighted by Gasteiger charge is 2.38. The molecule has 20 heavy (non-hydrogen) atoms. The molecular formula is C12H17NO5S2. The van der Waals surface area contributed by atoms with E-state index in [9.17, 15) is 13.2 Å². The summed E-state index contributed by atoms with van der Waals surface area (Å²) in [6.45, 7) is 0.248. The van der Waals surface area contributed by atoms with Crippen LogP contribution >= 0.6 is 11.3 Å². The Bertz CT molecular complexity index is 583. The number of hydrogen-bond acceptors (Lipinski definition) is 5. The first kappa shape index (κ1) is 15.4. The van der Waals surface area contributed by atoms with Crippen molar-refractivity contribution in [2.75, 3.05) is 13.7 Å². The maximum absolute atomic E-state index is 12.1. The van der Waals surface area contributed by atoms with E-state index < -0.39 is 16.0 Å². The van der Waals surface area contributed by atoms with Crippen LogP contribution in [0, 0.1) is 0 Å². The summed E-state index contributed by atoms with van der Waals surface area (Å²) < 4.78 is 32.3. The first-order valence-electron chi connectivity index (χ1n) is 6.22. The van der Waals surface area contributed by atoms with Crippen molar-refractivity contribution in [1.82, 2.24) is 4.72 Å². The molecule has 2 rings (SSSR count). The molecule has 1 aromatic rings. The quantitative estimate of drug-likeness (QED) is 0.788. The Morgan fingerprint density at radius 1 is 1.50 bits per heavy atom. The molecule has 1 aromatic heterocycles. The zero-order chi connectivity index (χ0) is 14.8. The van der Waals surface area contributed by atoms with Gasteiger partial charge in [-0.25, -0.2) is 13.1 Å². The molecule has 112 valence electrons. The second kappa shape index (κ2) is 5.80. The molecule has 0 aliphatic heterocycles. The first-order valence-corrected chi connectivity index (χ1v) is 8.52. The SMILES string of the molecule is COC1(CNS(=O)(=O)c2ccc(CC(=O)O)s2)CCC1. The molecular weight excluding hydrogens is 302 g/mol. The van der Waals surface area contributed by atoms with Crippen LogP contribution in [0.25, 0.3) is 0 Å². The molecule has 0 amide bonds. The first-order chi connectivity index (χ1) is 9.37. The fourth-order valence-electron chi connectivity index (χ4n) is 2.07. The van der Waals surface area contributed by atoms with E-state index in [0.717, 1.165) is 30.6 Å². The molecule has 1 heterocycles. The minimum Gasteiger partial charge on any atom is -0.481 e. The maximum atomic E-state index is 12.1. The average molecular weight is 319 g/mol. The molecule has 1 aliphatic rings. The van der Waals surface area contributed by atoms with Crippen LogP contribution in [0.3, 0.4) is 0 Å². The van der Waals surface area contributed by atoms with Crippen LogP contribution in [0.5, 0.6) is 0 Å². The summed E-state index contributed by atoms with van der Waals surface area (Å²) in [6.07, 6.45) is 2.57. The van der Waals surface area contributed by atoms with E-state index in [1.165, 1.54) is 12.1 Å². The highest BCUT2D eigenvalue weighted by molar-refractivity contribution is 7.91. The van der Waals surface area contributed by atoms with E-state index >= 15 is 0 Å². The standard InChI is InChI=1S/C12H17NO5S2/c1-18-12(5-2-6-12)8-13-20(16,17)11-4-3-9(19-11)7-10(14)15/h3-4,13H,2,5-8H2,1H3,(H,14,15). The van der Waals surface area contributed by atoms with E-state index in [1.54, 1.807) is 7.11 Å². The van der Waals surface area contributed by atoms with Gasteiger partial charge >= 0.3 is 5.97 Å². The van der Waals surface area contributed by atoms with Gasteiger partial charge in [-0.15, -0.1) is 11.3 Å². The predicted octanol–water partition coefficient (Wildman–Crippen LogP) is 1.22. The Labute approximate surface area is 121 Å². The van der Waals surface area contributed by atoms with Crippen LogP contribution in [-0.4, -0.2) is 38.7 Å². The number of aliphatic carboxylic acids is 1. The number of carbonyl (C=O) groups is 1. The van der Waals surface area contributed by atoms with E-state index in [1.807, 2.05) is 0 Å². The third kappa shape index (κ3) is 3.38. The topological polar surface area (TPSA) is 92.7 Å². The predicted molar refractivity (Wildman–Crippen MR) is 74.4 cm³/mol. The van der Waals surface area contributed by atoms with Crippen LogP contribution < -0.4 is 4.72 Å². The van der Waals surface area contributed by atoms with Gasteiger partial charge in [0.15, 0.2) is 0 Å². The van der Waals surface area contributed by atoms with Gasteiger partial charge in [0.2, 0.25) is 10.0 Å². The maximum Gasteiger partial charge on any atom is 0.308 e. The molecule has 0 atom stereocenters. The number of nitrogens with one attached hydrogen (secondary N) is 1. The molecule has 0 bridgehead atoms. The molecule has 0 radical (unpaired) electrons. The highest BCUT2D eigenvalue weighted by Crippen LogP contribution is 2.34. The van der Waals surface area contributed by atoms with Gasteiger partial charge in [0.25, 0.3) is 0 Å². The molecule has 8 heteroatoms. The number of sulfonamides is 1. The zero-order valence-electron chi connectivity index (χ0n) is 11.1. The van der Waals surface area contributed by atoms with Gasteiger partial charge in [0.05, 0.1) is 12.0 Å². The fraction of sp³-hybridized carbons (Fsp3) is 0.583. The number of methoxy groups -OCH3 is 1. The second-order valence-corrected chi connectivity index (χ2v) is 8.02. The monoisotopic (exact) mass is 319 g/mol. The average Bonchev–Trinajstić information content (AvgIpc) is 2.76. The van der Waals surface area contributed by atoms with Crippen molar-refractivity contribution >= 4 is 27.3 Å². The van der Waals surface area contributed by atoms with Crippen molar-refractivity contribution in [2.45, 2.75) is 35.5 Å². The Morgan fingerprint density at radius 3 is 2.70 bits per heavy atom. The van der Waals surface area contributed by atoms with Gasteiger partial charge in [-0.2, -0.15) is 0 Å². The molecule has 2 N–H and O–H groups in total. The number of rotatable bonds is 7. The van der Waals surface area contributed by atoms with Crippen molar-refractivity contribution in [1.29, 1.82) is 0 Å². The third-order valence-corrected chi connectivity index (χ3v) is 6.49. The molecule has 0 spiro atoms. The number of thiophene rings is 1. The van der Waals surface area contributed by atoms with Crippen LogP contribution in [0.1, 0.15) is 24.1 Å². The van der Waals surface area contributed by atoms with E-state index in [-0.39, 0.29) is 22.8 Å². The molecule has 6 nitrogen and oxygen atoms in total. The van der Waals surface area contributed by atoms with Crippen molar-refractivity contribution in [3.8, 4) is 0 Å². The third-order valence-electron chi connectivity index (χ3n) is 3.51. The van der Waals surface area contributed by atoms with Gasteiger partial charge in [-0.05, 0) is 31.4 Å². The van der Waals surface area contributed by atoms with E-state index in [4.69, 9.17) is 9.84 Å². The van der Waals surface area contributed by atoms with Gasteiger partial charge in [-0.3, -0.25) is 4.79 Å². The van der Waals surface area contributed by atoms with E-state index in [0.29, 0.717) is 4.88 Å². The summed E-state index contributed by atoms with van der Waals surface area (Å²) >= 11 is 0.980. The summed E-state index contributed by atoms with van der Waals surface area (Å²) in [5.41, 5.74) is -0.381. The smallest absolute Gasteiger partial charge is 0.308 e. The molecule has 1 saturated carbocycles. The lowest BCUT2D eigenvalue weighted by atomic mass is 9.80. The highest BCUT2D eigenvalue weighted by atomic mass is 32.2. The summed E-state index contributed by atoms with van der Waals surface area (Å²) in [5, 5.41) is 8.69. The van der Waals surface area contributed by atoms with E-state index in [2.05, 4.69) is 4.72 Å². The second-order valence-electron chi connectivity index (χ2n) is 4.86. The minimum absolute atomic E-state index is 0.138. The van der Waals surface area contributed by atoms with Gasteiger partial charge in [0.1, 0.15) is 4.21 Å². The lowest BCUT2D eigenvalue weighted by Crippen LogP contribution is -2.49. The van der Waals surface area contributed by atoms with Crippen molar-refractivity contribution in [2.24, 2.45) is 0 Å². The van der Waals surface area contributed by atoms with Crippen molar-refractivity contribution in [3.63, 3.8) is 0 Å². The molecule has 1 aliphatic carbocycles. The van der Waals surface area contributed by atoms with Gasteiger partial charge < -0.3 is 9.84 Å². The number of carboxylic acid groups (broad SMARTS) is 1. The Balaban J connectivity index is 2.02. The van der Waals surface area contributed by atoms with Crippen LogP contribution in [0.15, 0.2) is 16.3 Å². The molecule has 1 fully saturated rings. The molecule has 0 aromatic carbocycles. The Hall–Kier alpha value is -0.960. The van der Waals surface area contributed by atoms with Crippen molar-refractivity contribution < 1.29 is 23.1 Å². The largest absolute Gasteiger partial charge is 0.481 e. The summed E-state index contributed by atoms with van der Waals surface area (Å²) in [4.78, 5) is 11.1. The number of ether oxygens (including phenoxy) is 1. The van der Waals surface area contributed by atoms with Crippen LogP contribution in [0.4, 0.5) is 0 Å². The summed E-state index contributed by atoms with van der Waals surface area (Å²) in [7, 11) is -2.01. The molecule has 0 unspecified atom stereocenters. The van der Waals surface area contributed by atoms with Gasteiger partial charge in [0, 0.05) is 18.5 Å². The summed E-state index contributed by atoms with van der Waals surface area (Å²) in [6, 6.07) is 2.97. The van der Waals surface area contributed by atoms with Crippen LogP contribution in [-0.2, 0) is 26.0 Å². The lowest BCUT2D eigenvalue weighted by molar-refractivity contribution is -0.136.